The van der Waals surface area contributed by atoms with Gasteiger partial charge in [0.15, 0.2) is 5.78 Å². The van der Waals surface area contributed by atoms with Gasteiger partial charge in [-0.1, -0.05) is 45.4 Å². The molecule has 42 heavy (non-hydrogen) atoms. The quantitative estimate of drug-likeness (QED) is 0.216. The summed E-state index contributed by atoms with van der Waals surface area (Å²) in [7, 11) is 0. The van der Waals surface area contributed by atoms with Crippen molar-refractivity contribution in [3.05, 3.63) is 35.5 Å². The maximum Gasteiger partial charge on any atom is 0.303 e. The molecule has 3 N–H and O–H groups in total. The minimum Gasteiger partial charge on any atom is -0.459 e. The van der Waals surface area contributed by atoms with Crippen molar-refractivity contribution in [3.8, 4) is 0 Å². The summed E-state index contributed by atoms with van der Waals surface area (Å²) in [5, 5.41) is 32.6. The number of allylic oxidation sites excluding steroid dienone is 2. The molecule has 0 aromatic carbocycles. The third-order valence-corrected chi connectivity index (χ3v) is 9.83. The van der Waals surface area contributed by atoms with Crippen molar-refractivity contribution in [2.75, 3.05) is 0 Å². The molecule has 0 aromatic rings. The lowest BCUT2D eigenvalue weighted by Crippen LogP contribution is -2.55. The average molecular weight is 591 g/mol. The Bertz CT molecular complexity index is 1090. The fourth-order valence-corrected chi connectivity index (χ4v) is 7.14. The molecule has 0 saturated heterocycles. The van der Waals surface area contributed by atoms with Crippen molar-refractivity contribution in [1.29, 1.82) is 0 Å². The fourth-order valence-electron chi connectivity index (χ4n) is 7.14. The zero-order valence-electron chi connectivity index (χ0n) is 27.3. The van der Waals surface area contributed by atoms with Gasteiger partial charge in [0.25, 0.3) is 0 Å². The second-order valence-corrected chi connectivity index (χ2v) is 14.2. The zero-order chi connectivity index (χ0) is 32.3. The Balaban J connectivity index is 2.14. The third-order valence-electron chi connectivity index (χ3n) is 9.83. The fraction of sp³-hybridized carbons (Fsp3) is 0.735. The monoisotopic (exact) mass is 590 g/mol. The van der Waals surface area contributed by atoms with Gasteiger partial charge in [-0.2, -0.15) is 0 Å². The minimum atomic E-state index is -1.26. The molecule has 0 aliphatic heterocycles. The highest BCUT2D eigenvalue weighted by Gasteiger charge is 2.52. The van der Waals surface area contributed by atoms with Crippen molar-refractivity contribution < 1.29 is 39.2 Å². The van der Waals surface area contributed by atoms with Crippen molar-refractivity contribution in [2.45, 2.75) is 137 Å². The van der Waals surface area contributed by atoms with Crippen LogP contribution in [0.1, 0.15) is 108 Å². The molecule has 0 radical (unpaired) electrons. The van der Waals surface area contributed by atoms with E-state index in [0.717, 1.165) is 18.4 Å². The van der Waals surface area contributed by atoms with Crippen LogP contribution in [-0.2, 0) is 23.9 Å². The molecule has 7 atom stereocenters. The highest BCUT2D eigenvalue weighted by Crippen LogP contribution is 2.50. The number of rotatable bonds is 11. The third kappa shape index (κ3) is 8.64. The normalized spacial score (nSPS) is 32.7. The first kappa shape index (κ1) is 35.9. The summed E-state index contributed by atoms with van der Waals surface area (Å²) < 4.78 is 11.4. The van der Waals surface area contributed by atoms with Crippen LogP contribution in [0.2, 0.25) is 0 Å². The van der Waals surface area contributed by atoms with Gasteiger partial charge in [-0.05, 0) is 89.4 Å². The average Bonchev–Trinajstić information content (AvgIpc) is 2.84. The van der Waals surface area contributed by atoms with E-state index in [1.807, 2.05) is 33.8 Å². The summed E-state index contributed by atoms with van der Waals surface area (Å²) in [5.41, 5.74) is -1.48. The van der Waals surface area contributed by atoms with Gasteiger partial charge in [-0.15, -0.1) is 0 Å². The second-order valence-electron chi connectivity index (χ2n) is 14.2. The maximum absolute atomic E-state index is 12.6. The van der Waals surface area contributed by atoms with E-state index in [0.29, 0.717) is 24.8 Å². The number of aliphatic hydroxyl groups excluding tert-OH is 2. The smallest absolute Gasteiger partial charge is 0.303 e. The highest BCUT2D eigenvalue weighted by molar-refractivity contribution is 5.95. The first-order valence-corrected chi connectivity index (χ1v) is 15.2. The SMILES string of the molecule is CC(=O)O[C@@H](C[C@H]1C(C)(C)C(=O)C=C[C@]1(C)O)/C(C)=C/[C@H](O)CC=C(C)CC[C@H]1C(C)(C)[C@@H](O)CC[C@]1(C)OC(C)=O. The van der Waals surface area contributed by atoms with Gasteiger partial charge >= 0.3 is 11.9 Å². The summed E-state index contributed by atoms with van der Waals surface area (Å²) in [6, 6.07) is 0. The Morgan fingerprint density at radius 2 is 1.67 bits per heavy atom. The van der Waals surface area contributed by atoms with E-state index in [4.69, 9.17) is 9.47 Å². The van der Waals surface area contributed by atoms with E-state index in [2.05, 4.69) is 0 Å². The Kier molecular flexibility index (Phi) is 11.6. The highest BCUT2D eigenvalue weighted by atomic mass is 16.6. The van der Waals surface area contributed by atoms with Crippen LogP contribution in [-0.4, -0.2) is 62.6 Å². The molecule has 1 saturated carbocycles. The van der Waals surface area contributed by atoms with Gasteiger partial charge in [-0.25, -0.2) is 0 Å². The van der Waals surface area contributed by atoms with Crippen LogP contribution in [0.3, 0.4) is 0 Å². The molecule has 8 heteroatoms. The number of hydrogen-bond donors (Lipinski definition) is 3. The van der Waals surface area contributed by atoms with Gasteiger partial charge in [0.05, 0.1) is 17.8 Å². The number of carbonyl (C=O) groups is 3. The number of ether oxygens (including phenoxy) is 2. The Labute approximate surface area is 252 Å². The van der Waals surface area contributed by atoms with E-state index in [1.165, 1.54) is 26.0 Å². The van der Waals surface area contributed by atoms with Crippen LogP contribution < -0.4 is 0 Å². The molecular formula is C34H54O8. The van der Waals surface area contributed by atoms with Crippen LogP contribution in [0.4, 0.5) is 0 Å². The number of aliphatic hydroxyl groups is 3. The lowest BCUT2D eigenvalue weighted by Gasteiger charge is -2.52. The predicted molar refractivity (Wildman–Crippen MR) is 162 cm³/mol. The molecule has 8 nitrogen and oxygen atoms in total. The van der Waals surface area contributed by atoms with Crippen LogP contribution in [0.5, 0.6) is 0 Å². The summed E-state index contributed by atoms with van der Waals surface area (Å²) >= 11 is 0. The molecule has 2 aliphatic carbocycles. The molecule has 238 valence electrons. The van der Waals surface area contributed by atoms with E-state index in [9.17, 15) is 29.7 Å². The van der Waals surface area contributed by atoms with E-state index in [-0.39, 0.29) is 24.1 Å². The number of ketones is 1. The topological polar surface area (TPSA) is 130 Å². The van der Waals surface area contributed by atoms with Gasteiger partial charge in [-0.3, -0.25) is 14.4 Å². The van der Waals surface area contributed by atoms with E-state index >= 15 is 0 Å². The van der Waals surface area contributed by atoms with Crippen LogP contribution in [0, 0.1) is 22.7 Å². The standard InChI is InChI=1S/C34H54O8/c1-21(12-14-27-31(5,6)30(39)16-18-34(27,10)42-24(4)36)11-13-25(37)19-22(2)26(41-23(3)35)20-28-32(7,8)29(38)15-17-33(28,9)40/h11,15,17,19,25-28,30,37,39-40H,12-14,16,18,20H2,1-10H3/b21-11?,22-19+/t25-,26+,27+,28+,30+,33+,34+/m1/s1. The maximum atomic E-state index is 12.6. The van der Waals surface area contributed by atoms with Crippen LogP contribution in [0.15, 0.2) is 35.5 Å². The summed E-state index contributed by atoms with van der Waals surface area (Å²) in [5.74, 6) is -1.44. The van der Waals surface area contributed by atoms with E-state index < -0.39 is 52.2 Å². The van der Waals surface area contributed by atoms with Crippen molar-refractivity contribution in [2.24, 2.45) is 22.7 Å². The van der Waals surface area contributed by atoms with E-state index in [1.54, 1.807) is 33.8 Å². The molecule has 0 amide bonds. The van der Waals surface area contributed by atoms with Crippen molar-refractivity contribution in [1.82, 2.24) is 0 Å². The van der Waals surface area contributed by atoms with Crippen molar-refractivity contribution >= 4 is 17.7 Å². The Hall–Kier alpha value is -2.29. The molecular weight excluding hydrogens is 536 g/mol. The van der Waals surface area contributed by atoms with Gasteiger partial charge in [0, 0.05) is 31.1 Å². The molecule has 1 fully saturated rings. The first-order chi connectivity index (χ1) is 19.1. The molecule has 2 aliphatic rings. The minimum absolute atomic E-state index is 0.0412. The number of esters is 2. The molecule has 0 unspecified atom stereocenters. The lowest BCUT2D eigenvalue weighted by molar-refractivity contribution is -0.188. The largest absolute Gasteiger partial charge is 0.459 e. The Morgan fingerprint density at radius 3 is 2.24 bits per heavy atom. The Morgan fingerprint density at radius 1 is 1.05 bits per heavy atom. The summed E-state index contributed by atoms with van der Waals surface area (Å²) in [6.07, 6.45) is 7.73. The predicted octanol–water partition coefficient (Wildman–Crippen LogP) is 5.38. The lowest BCUT2D eigenvalue weighted by atomic mass is 9.58. The van der Waals surface area contributed by atoms with Crippen LogP contribution >= 0.6 is 0 Å². The summed E-state index contributed by atoms with van der Waals surface area (Å²) in [4.78, 5) is 36.4. The number of hydrogen-bond acceptors (Lipinski definition) is 8. The number of carbonyl (C=O) groups excluding carboxylic acids is 3. The van der Waals surface area contributed by atoms with Gasteiger partial charge in [0.1, 0.15) is 11.7 Å². The molecule has 0 aromatic heterocycles. The molecule has 2 rings (SSSR count). The van der Waals surface area contributed by atoms with Crippen molar-refractivity contribution in [3.63, 3.8) is 0 Å². The summed E-state index contributed by atoms with van der Waals surface area (Å²) in [6.45, 7) is 17.8. The van der Waals surface area contributed by atoms with Gasteiger partial charge < -0.3 is 24.8 Å². The van der Waals surface area contributed by atoms with Crippen LogP contribution in [0.25, 0.3) is 0 Å². The second kappa shape index (κ2) is 13.6. The molecule has 0 spiro atoms. The first-order valence-electron chi connectivity index (χ1n) is 15.2. The zero-order valence-corrected chi connectivity index (χ0v) is 27.3. The molecule has 0 heterocycles. The van der Waals surface area contributed by atoms with Gasteiger partial charge in [0.2, 0.25) is 0 Å². The molecule has 0 bridgehead atoms.